The van der Waals surface area contributed by atoms with Gasteiger partial charge in [-0.25, -0.2) is 0 Å². The number of rotatable bonds is 12. The number of aryl methyl sites for hydroxylation is 2. The van der Waals surface area contributed by atoms with Crippen molar-refractivity contribution >= 4 is 101 Å². The van der Waals surface area contributed by atoms with Crippen molar-refractivity contribution < 1.29 is 20.8 Å². The SMILES string of the molecule is CCCc1cc2c(-c3cc([Si](C)(C)C)cc([Si](C)(C)C)c3)c(-c3ccccc3)ccc2[cH-]1.CCCc1cc2c(-c3cc([Si](C)(C)C)cc([Si](C)(C)C)c3)c(-c3ccccc3)ccc2[cH-]1.C[Si]C.[Cl][Zr+2][Cl]. The van der Waals surface area contributed by atoms with Crippen molar-refractivity contribution in [3.8, 4) is 44.5 Å². The van der Waals surface area contributed by atoms with Crippen LogP contribution in [0.5, 0.6) is 0 Å². The summed E-state index contributed by atoms with van der Waals surface area (Å²) in [6.07, 6.45) is 4.65. The van der Waals surface area contributed by atoms with Gasteiger partial charge in [-0.05, 0) is 46.2 Å². The average Bonchev–Trinajstić information content (AvgIpc) is 3.92. The Kier molecular flexibility index (Phi) is 21.0. The first-order valence-corrected chi connectivity index (χ1v) is 47.7. The van der Waals surface area contributed by atoms with Gasteiger partial charge in [0.1, 0.15) is 0 Å². The van der Waals surface area contributed by atoms with Crippen molar-refractivity contribution in [3.05, 3.63) is 157 Å². The Balaban J connectivity index is 0.000000235. The molecule has 8 heteroatoms. The molecule has 0 unspecified atom stereocenters. The summed E-state index contributed by atoms with van der Waals surface area (Å²) in [5, 5.41) is 11.8. The zero-order valence-corrected chi connectivity index (χ0v) is 54.4. The maximum atomic E-state index is 4.93. The molecule has 8 rings (SSSR count). The molecule has 8 aromatic rings. The minimum atomic E-state index is -1.46. The van der Waals surface area contributed by atoms with Crippen LogP contribution >= 0.6 is 17.0 Å². The standard InChI is InChI=1S/2C30H37Si2.C2H6Si.2ClH.Zr/c2*1-8-12-22-17-24-15-16-28(23-13-10-9-11-14-23)30(29(24)18-22)25-19-26(31(2,3)4)21-27(20-25)32(5,6)7;1-3-2;;;/h2*9-11,13-21H,8,12H2,1-7H3;1-2H3;2*1H;/q2*-1;;;;+4/p-2. The monoisotopic (exact) mass is 1120 g/mol. The van der Waals surface area contributed by atoms with Crippen molar-refractivity contribution in [1.29, 1.82) is 0 Å². The maximum absolute atomic E-state index is 4.93. The van der Waals surface area contributed by atoms with Crippen LogP contribution in [0.15, 0.2) is 146 Å². The molecule has 8 aromatic carbocycles. The van der Waals surface area contributed by atoms with Crippen LogP contribution < -0.4 is 20.7 Å². The molecule has 2 radical (unpaired) electrons. The van der Waals surface area contributed by atoms with Gasteiger partial charge >= 0.3 is 37.9 Å². The number of halogens is 2. The molecule has 366 valence electrons. The Hall–Kier alpha value is -2.91. The predicted molar refractivity (Wildman–Crippen MR) is 330 cm³/mol. The Morgan fingerprint density at radius 1 is 0.414 bits per heavy atom. The van der Waals surface area contributed by atoms with E-state index in [1.54, 1.807) is 20.7 Å². The third-order valence-corrected chi connectivity index (χ3v) is 21.1. The van der Waals surface area contributed by atoms with E-state index in [1.807, 2.05) is 0 Å². The van der Waals surface area contributed by atoms with Gasteiger partial charge in [0.25, 0.3) is 0 Å². The molecule has 0 aliphatic carbocycles. The fourth-order valence-corrected chi connectivity index (χ4v) is 14.2. The predicted octanol–water partition coefficient (Wildman–Crippen LogP) is 18.0. The average molecular weight is 1130 g/mol. The van der Waals surface area contributed by atoms with Crippen LogP contribution in [-0.4, -0.2) is 41.8 Å². The van der Waals surface area contributed by atoms with Crippen molar-refractivity contribution in [1.82, 2.24) is 0 Å². The van der Waals surface area contributed by atoms with E-state index in [2.05, 4.69) is 251 Å². The molecule has 0 N–H and O–H groups in total. The number of fused-ring (bicyclic) bond motifs is 2. The van der Waals surface area contributed by atoms with Gasteiger partial charge in [0.05, 0.1) is 32.3 Å². The van der Waals surface area contributed by atoms with Crippen molar-refractivity contribution in [3.63, 3.8) is 0 Å². The minimum absolute atomic E-state index is 0.826. The first kappa shape index (κ1) is 58.0. The Morgan fingerprint density at radius 2 is 0.700 bits per heavy atom. The van der Waals surface area contributed by atoms with E-state index in [-0.39, 0.29) is 0 Å². The Labute approximate surface area is 450 Å². The van der Waals surface area contributed by atoms with E-state index >= 15 is 0 Å². The Morgan fingerprint density at radius 3 is 0.957 bits per heavy atom. The van der Waals surface area contributed by atoms with E-state index in [0.29, 0.717) is 0 Å². The van der Waals surface area contributed by atoms with Gasteiger partial charge < -0.3 is 0 Å². The normalized spacial score (nSPS) is 11.8. The molecule has 0 saturated carbocycles. The van der Waals surface area contributed by atoms with Gasteiger partial charge in [0, 0.05) is 9.52 Å². The Bertz CT molecular complexity index is 2660. The molecule has 70 heavy (non-hydrogen) atoms. The first-order chi connectivity index (χ1) is 33.0. The molecular formula is C62H80Cl2Si5Zr. The summed E-state index contributed by atoms with van der Waals surface area (Å²) in [6, 6.07) is 56.0. The van der Waals surface area contributed by atoms with Gasteiger partial charge in [-0.15, -0.1) is 56.9 Å². The molecule has 0 nitrogen and oxygen atoms in total. The second-order valence-corrected chi connectivity index (χ2v) is 48.2. The zero-order valence-electron chi connectivity index (χ0n) is 45.4. The molecule has 0 bridgehead atoms. The van der Waals surface area contributed by atoms with Gasteiger partial charge in [0.15, 0.2) is 0 Å². The molecule has 0 aromatic heterocycles. The van der Waals surface area contributed by atoms with Crippen LogP contribution in [0.25, 0.3) is 66.1 Å². The van der Waals surface area contributed by atoms with E-state index in [9.17, 15) is 0 Å². The third-order valence-electron chi connectivity index (χ3n) is 13.1. The fraction of sp³-hybridized carbons (Fsp3) is 0.323. The quantitative estimate of drug-likeness (QED) is 0.0845. The van der Waals surface area contributed by atoms with Crippen molar-refractivity contribution in [2.45, 2.75) is 131 Å². The van der Waals surface area contributed by atoms with Gasteiger partial charge in [-0.3, -0.25) is 0 Å². The van der Waals surface area contributed by atoms with E-state index < -0.39 is 53.1 Å². The van der Waals surface area contributed by atoms with Crippen LogP contribution in [0, 0.1) is 0 Å². The third kappa shape index (κ3) is 15.1. The molecule has 0 aliphatic rings. The van der Waals surface area contributed by atoms with Gasteiger partial charge in [-0.1, -0.05) is 259 Å². The molecular weight excluding hydrogens is 1050 g/mol. The molecule has 0 fully saturated rings. The van der Waals surface area contributed by atoms with E-state index in [0.717, 1.165) is 22.4 Å². The molecule has 0 heterocycles. The number of hydrogen-bond donors (Lipinski definition) is 0. The molecule has 0 atom stereocenters. The van der Waals surface area contributed by atoms with E-state index in [4.69, 9.17) is 17.0 Å². The molecule has 0 saturated heterocycles. The topological polar surface area (TPSA) is 0 Å². The van der Waals surface area contributed by atoms with Crippen LogP contribution in [0.3, 0.4) is 0 Å². The molecule has 0 spiro atoms. The van der Waals surface area contributed by atoms with E-state index in [1.165, 1.54) is 90.0 Å². The van der Waals surface area contributed by atoms with Crippen LogP contribution in [0.1, 0.15) is 37.8 Å². The van der Waals surface area contributed by atoms with Crippen LogP contribution in [0.2, 0.25) is 91.7 Å². The van der Waals surface area contributed by atoms with Crippen molar-refractivity contribution in [2.24, 2.45) is 0 Å². The summed E-state index contributed by atoms with van der Waals surface area (Å²) in [7, 11) is 5.12. The second-order valence-electron chi connectivity index (χ2n) is 23.1. The first-order valence-electron chi connectivity index (χ1n) is 25.4. The summed E-state index contributed by atoms with van der Waals surface area (Å²) >= 11 is -0.826. The summed E-state index contributed by atoms with van der Waals surface area (Å²) in [6.45, 7) is 38.5. The summed E-state index contributed by atoms with van der Waals surface area (Å²) in [5.74, 6) is 0. The van der Waals surface area contributed by atoms with Crippen LogP contribution in [-0.2, 0) is 33.7 Å². The van der Waals surface area contributed by atoms with Crippen LogP contribution in [0.4, 0.5) is 0 Å². The number of benzene rings is 6. The summed E-state index contributed by atoms with van der Waals surface area (Å²) in [4.78, 5) is 0. The van der Waals surface area contributed by atoms with Gasteiger partial charge in [0.2, 0.25) is 0 Å². The van der Waals surface area contributed by atoms with Gasteiger partial charge in [-0.2, -0.15) is 12.1 Å². The molecule has 0 amide bonds. The zero-order chi connectivity index (χ0) is 51.6. The van der Waals surface area contributed by atoms with Crippen molar-refractivity contribution in [2.75, 3.05) is 0 Å². The fourth-order valence-electron chi connectivity index (χ4n) is 9.17. The molecule has 0 aliphatic heterocycles. The second kappa shape index (κ2) is 25.4. The summed E-state index contributed by atoms with van der Waals surface area (Å²) < 4.78 is 0. The number of hydrogen-bond acceptors (Lipinski definition) is 0. The summed E-state index contributed by atoms with van der Waals surface area (Å²) in [5.41, 5.74) is 13.8.